The SMILES string of the molecule is COC(=O)c1nnn(Cc2cncc(Br)c2)c1C(C)C. The third kappa shape index (κ3) is 3.04. The number of methoxy groups -OCH3 is 1. The van der Waals surface area contributed by atoms with Crippen molar-refractivity contribution in [2.24, 2.45) is 0 Å². The van der Waals surface area contributed by atoms with Gasteiger partial charge in [-0.2, -0.15) is 0 Å². The van der Waals surface area contributed by atoms with Gasteiger partial charge in [-0.15, -0.1) is 5.10 Å². The maximum absolute atomic E-state index is 11.7. The molecule has 0 N–H and O–H groups in total. The van der Waals surface area contributed by atoms with Crippen LogP contribution in [-0.2, 0) is 11.3 Å². The minimum Gasteiger partial charge on any atom is -0.464 e. The second-order valence-corrected chi connectivity index (χ2v) is 5.55. The van der Waals surface area contributed by atoms with Crippen LogP contribution in [-0.4, -0.2) is 33.1 Å². The molecule has 0 saturated carbocycles. The maximum Gasteiger partial charge on any atom is 0.360 e. The van der Waals surface area contributed by atoms with Gasteiger partial charge in [0.05, 0.1) is 19.3 Å². The number of carbonyl (C=O) groups is 1. The first-order valence-corrected chi connectivity index (χ1v) is 6.93. The highest BCUT2D eigenvalue weighted by Crippen LogP contribution is 2.20. The number of carbonyl (C=O) groups excluding carboxylic acids is 1. The highest BCUT2D eigenvalue weighted by atomic mass is 79.9. The Morgan fingerprint density at radius 3 is 2.80 bits per heavy atom. The minimum absolute atomic E-state index is 0.110. The summed E-state index contributed by atoms with van der Waals surface area (Å²) in [5, 5.41) is 7.99. The maximum atomic E-state index is 11.7. The molecule has 106 valence electrons. The summed E-state index contributed by atoms with van der Waals surface area (Å²) in [7, 11) is 1.34. The zero-order chi connectivity index (χ0) is 14.7. The fraction of sp³-hybridized carbons (Fsp3) is 0.385. The highest BCUT2D eigenvalue weighted by Gasteiger charge is 2.22. The first-order chi connectivity index (χ1) is 9.52. The summed E-state index contributed by atoms with van der Waals surface area (Å²) < 4.78 is 7.34. The van der Waals surface area contributed by atoms with Crippen LogP contribution in [0.3, 0.4) is 0 Å². The Kier molecular flexibility index (Phi) is 4.49. The van der Waals surface area contributed by atoms with E-state index in [4.69, 9.17) is 4.74 Å². The molecule has 6 nitrogen and oxygen atoms in total. The van der Waals surface area contributed by atoms with Crippen molar-refractivity contribution in [3.05, 3.63) is 39.9 Å². The number of esters is 1. The Morgan fingerprint density at radius 2 is 2.20 bits per heavy atom. The zero-order valence-corrected chi connectivity index (χ0v) is 13.1. The molecule has 2 aromatic rings. The lowest BCUT2D eigenvalue weighted by atomic mass is 10.1. The molecule has 0 atom stereocenters. The molecule has 0 aromatic carbocycles. The molecule has 2 rings (SSSR count). The van der Waals surface area contributed by atoms with Gasteiger partial charge >= 0.3 is 5.97 Å². The van der Waals surface area contributed by atoms with Crippen LogP contribution in [0.15, 0.2) is 22.9 Å². The third-order valence-corrected chi connectivity index (χ3v) is 3.23. The van der Waals surface area contributed by atoms with Crippen molar-refractivity contribution in [1.29, 1.82) is 0 Å². The van der Waals surface area contributed by atoms with E-state index in [0.717, 1.165) is 15.7 Å². The zero-order valence-electron chi connectivity index (χ0n) is 11.5. The number of hydrogen-bond donors (Lipinski definition) is 0. The van der Waals surface area contributed by atoms with E-state index in [0.29, 0.717) is 6.54 Å². The highest BCUT2D eigenvalue weighted by molar-refractivity contribution is 9.10. The summed E-state index contributed by atoms with van der Waals surface area (Å²) in [6.07, 6.45) is 3.47. The normalized spacial score (nSPS) is 10.8. The van der Waals surface area contributed by atoms with E-state index in [-0.39, 0.29) is 11.6 Å². The molecular formula is C13H15BrN4O2. The summed E-state index contributed by atoms with van der Waals surface area (Å²) in [6.45, 7) is 4.48. The molecule has 2 heterocycles. The Morgan fingerprint density at radius 1 is 1.45 bits per heavy atom. The van der Waals surface area contributed by atoms with Crippen molar-refractivity contribution >= 4 is 21.9 Å². The lowest BCUT2D eigenvalue weighted by Crippen LogP contribution is -2.12. The van der Waals surface area contributed by atoms with E-state index in [1.54, 1.807) is 17.1 Å². The first-order valence-electron chi connectivity index (χ1n) is 6.14. The molecule has 20 heavy (non-hydrogen) atoms. The molecule has 0 bridgehead atoms. The van der Waals surface area contributed by atoms with Gasteiger partial charge in [-0.1, -0.05) is 19.1 Å². The van der Waals surface area contributed by atoms with E-state index in [1.807, 2.05) is 19.9 Å². The van der Waals surface area contributed by atoms with Crippen molar-refractivity contribution in [3.63, 3.8) is 0 Å². The summed E-state index contributed by atoms with van der Waals surface area (Å²) in [5.41, 5.74) is 2.00. The fourth-order valence-electron chi connectivity index (χ4n) is 1.97. The van der Waals surface area contributed by atoms with Gasteiger partial charge in [0.15, 0.2) is 5.69 Å². The van der Waals surface area contributed by atoms with E-state index in [1.165, 1.54) is 7.11 Å². The number of halogens is 1. The van der Waals surface area contributed by atoms with Crippen molar-refractivity contribution in [1.82, 2.24) is 20.0 Å². The van der Waals surface area contributed by atoms with Gasteiger partial charge in [0.1, 0.15) is 0 Å². The smallest absolute Gasteiger partial charge is 0.360 e. The standard InChI is InChI=1S/C13H15BrN4O2/c1-8(2)12-11(13(19)20-3)16-17-18(12)7-9-4-10(14)6-15-5-9/h4-6,8H,7H2,1-3H3. The molecule has 0 aliphatic rings. The second-order valence-electron chi connectivity index (χ2n) is 4.64. The van der Waals surface area contributed by atoms with Crippen molar-refractivity contribution in [3.8, 4) is 0 Å². The Balaban J connectivity index is 2.37. The van der Waals surface area contributed by atoms with Crippen LogP contribution in [0.4, 0.5) is 0 Å². The first kappa shape index (κ1) is 14.6. The summed E-state index contributed by atoms with van der Waals surface area (Å²) >= 11 is 3.38. The van der Waals surface area contributed by atoms with Gasteiger partial charge in [-0.25, -0.2) is 9.48 Å². The van der Waals surface area contributed by atoms with Crippen LogP contribution in [0.5, 0.6) is 0 Å². The average Bonchev–Trinajstić information content (AvgIpc) is 2.81. The van der Waals surface area contributed by atoms with Gasteiger partial charge in [-0.3, -0.25) is 4.98 Å². The van der Waals surface area contributed by atoms with Gasteiger partial charge in [0.2, 0.25) is 0 Å². The number of hydrogen-bond acceptors (Lipinski definition) is 5. The van der Waals surface area contributed by atoms with Gasteiger partial charge < -0.3 is 4.74 Å². The van der Waals surface area contributed by atoms with Crippen LogP contribution >= 0.6 is 15.9 Å². The van der Waals surface area contributed by atoms with Crippen LogP contribution in [0.25, 0.3) is 0 Å². The number of aromatic nitrogens is 4. The molecule has 0 unspecified atom stereocenters. The van der Waals surface area contributed by atoms with Crippen LogP contribution in [0.2, 0.25) is 0 Å². The van der Waals surface area contributed by atoms with E-state index in [2.05, 4.69) is 31.2 Å². The summed E-state index contributed by atoms with van der Waals surface area (Å²) in [5.74, 6) is -0.355. The largest absolute Gasteiger partial charge is 0.464 e. The molecule has 7 heteroatoms. The Labute approximate surface area is 125 Å². The molecular weight excluding hydrogens is 324 g/mol. The van der Waals surface area contributed by atoms with E-state index >= 15 is 0 Å². The van der Waals surface area contributed by atoms with Gasteiger partial charge in [-0.05, 0) is 33.5 Å². The number of rotatable bonds is 4. The lowest BCUT2D eigenvalue weighted by molar-refractivity contribution is 0.0592. The van der Waals surface area contributed by atoms with E-state index < -0.39 is 5.97 Å². The molecule has 0 amide bonds. The molecule has 0 spiro atoms. The van der Waals surface area contributed by atoms with Crippen molar-refractivity contribution in [2.75, 3.05) is 7.11 Å². The van der Waals surface area contributed by atoms with E-state index in [9.17, 15) is 4.79 Å². The molecule has 0 aliphatic heterocycles. The van der Waals surface area contributed by atoms with Crippen molar-refractivity contribution < 1.29 is 9.53 Å². The van der Waals surface area contributed by atoms with Crippen LogP contribution in [0, 0.1) is 0 Å². The predicted octanol–water partition coefficient (Wildman–Crippen LogP) is 2.39. The van der Waals surface area contributed by atoms with Gasteiger partial charge in [0.25, 0.3) is 0 Å². The molecule has 0 radical (unpaired) electrons. The summed E-state index contributed by atoms with van der Waals surface area (Å²) in [4.78, 5) is 15.8. The Hall–Kier alpha value is -1.76. The van der Waals surface area contributed by atoms with Crippen LogP contribution in [0.1, 0.15) is 41.5 Å². The Bertz CT molecular complexity index is 625. The average molecular weight is 339 g/mol. The minimum atomic E-state index is -0.465. The van der Waals surface area contributed by atoms with Crippen molar-refractivity contribution in [2.45, 2.75) is 26.3 Å². The quantitative estimate of drug-likeness (QED) is 0.800. The number of ether oxygens (including phenoxy) is 1. The van der Waals surface area contributed by atoms with Crippen LogP contribution < -0.4 is 0 Å². The molecule has 0 aliphatic carbocycles. The fourth-order valence-corrected chi connectivity index (χ4v) is 2.38. The third-order valence-electron chi connectivity index (χ3n) is 2.79. The molecule has 0 fully saturated rings. The molecule has 0 saturated heterocycles. The topological polar surface area (TPSA) is 69.9 Å². The van der Waals surface area contributed by atoms with Gasteiger partial charge in [0, 0.05) is 16.9 Å². The number of pyridine rings is 1. The summed E-state index contributed by atoms with van der Waals surface area (Å²) in [6, 6.07) is 1.95. The molecule has 2 aromatic heterocycles. The lowest BCUT2D eigenvalue weighted by Gasteiger charge is -2.10. The monoisotopic (exact) mass is 338 g/mol. The second kappa shape index (κ2) is 6.13. The number of nitrogens with zero attached hydrogens (tertiary/aromatic N) is 4. The predicted molar refractivity (Wildman–Crippen MR) is 76.5 cm³/mol.